The normalized spacial score (nSPS) is 16.1. The van der Waals surface area contributed by atoms with Gasteiger partial charge in [0, 0.05) is 11.6 Å². The molecule has 1 aromatic carbocycles. The Labute approximate surface area is 101 Å². The van der Waals surface area contributed by atoms with Crippen molar-refractivity contribution in [2.24, 2.45) is 5.92 Å². The molecule has 2 rings (SSSR count). The number of alkyl halides is 1. The summed E-state index contributed by atoms with van der Waals surface area (Å²) in [5.74, 6) is 0.977. The Morgan fingerprint density at radius 3 is 2.75 bits per heavy atom. The second-order valence-corrected chi connectivity index (χ2v) is 6.20. The molecule has 1 N–H and O–H groups in total. The molecule has 0 unspecified atom stereocenters. The van der Waals surface area contributed by atoms with Crippen LogP contribution in [-0.4, -0.2) is 14.2 Å². The van der Waals surface area contributed by atoms with Gasteiger partial charge in [-0.2, -0.15) is 0 Å². The molecule has 88 valence electrons. The molecule has 0 saturated heterocycles. The Bertz CT molecular complexity index is 469. The van der Waals surface area contributed by atoms with Crippen molar-refractivity contribution in [1.29, 1.82) is 0 Å². The molecule has 1 aliphatic carbocycles. The summed E-state index contributed by atoms with van der Waals surface area (Å²) in [6.45, 7) is 0. The summed E-state index contributed by atoms with van der Waals surface area (Å²) in [4.78, 5) is 0. The third kappa shape index (κ3) is 3.39. The summed E-state index contributed by atoms with van der Waals surface area (Å²) < 4.78 is 26.0. The highest BCUT2D eigenvalue weighted by Crippen LogP contribution is 2.30. The Balaban J connectivity index is 2.06. The van der Waals surface area contributed by atoms with Crippen LogP contribution < -0.4 is 4.72 Å². The van der Waals surface area contributed by atoms with Crippen LogP contribution in [0.15, 0.2) is 24.3 Å². The summed E-state index contributed by atoms with van der Waals surface area (Å²) >= 11 is 5.69. The second-order valence-electron chi connectivity index (χ2n) is 4.16. The fourth-order valence-corrected chi connectivity index (χ4v) is 3.22. The molecule has 1 saturated carbocycles. The third-order valence-electron chi connectivity index (χ3n) is 2.51. The van der Waals surface area contributed by atoms with Crippen molar-refractivity contribution < 1.29 is 8.42 Å². The summed E-state index contributed by atoms with van der Waals surface area (Å²) in [5, 5.41) is 0. The minimum Gasteiger partial charge on any atom is -0.284 e. The lowest BCUT2D eigenvalue weighted by Crippen LogP contribution is -2.17. The average Bonchev–Trinajstić information content (AvgIpc) is 3.00. The van der Waals surface area contributed by atoms with Crippen molar-refractivity contribution in [2.75, 3.05) is 10.5 Å². The van der Waals surface area contributed by atoms with Gasteiger partial charge in [0.1, 0.15) is 0 Å². The van der Waals surface area contributed by atoms with Crippen molar-refractivity contribution in [2.45, 2.75) is 18.7 Å². The van der Waals surface area contributed by atoms with E-state index >= 15 is 0 Å². The standard InChI is InChI=1S/C11H14ClNO2S/c12-7-10-2-1-3-11(6-10)13-16(14,15)8-9-4-5-9/h1-3,6,9,13H,4-5,7-8H2. The van der Waals surface area contributed by atoms with Crippen molar-refractivity contribution in [1.82, 2.24) is 0 Å². The lowest BCUT2D eigenvalue weighted by Gasteiger charge is -2.08. The maximum atomic E-state index is 11.7. The molecule has 1 fully saturated rings. The molecular formula is C11H14ClNO2S. The van der Waals surface area contributed by atoms with Gasteiger partial charge in [-0.25, -0.2) is 8.42 Å². The van der Waals surface area contributed by atoms with E-state index in [0.717, 1.165) is 18.4 Å². The molecule has 0 aliphatic heterocycles. The van der Waals surface area contributed by atoms with E-state index in [1.165, 1.54) is 0 Å². The van der Waals surface area contributed by atoms with Gasteiger partial charge in [0.15, 0.2) is 0 Å². The molecule has 0 radical (unpaired) electrons. The molecule has 5 heteroatoms. The number of hydrogen-bond donors (Lipinski definition) is 1. The summed E-state index contributed by atoms with van der Waals surface area (Å²) in [6, 6.07) is 7.16. The van der Waals surface area contributed by atoms with Crippen LogP contribution in [0.25, 0.3) is 0 Å². The van der Waals surface area contributed by atoms with Crippen LogP contribution in [0.1, 0.15) is 18.4 Å². The Kier molecular flexibility index (Phi) is 3.40. The number of rotatable bonds is 5. The summed E-state index contributed by atoms with van der Waals surface area (Å²) in [5.41, 5.74) is 1.51. The minimum atomic E-state index is -3.19. The van der Waals surface area contributed by atoms with Crippen LogP contribution in [0.2, 0.25) is 0 Å². The number of sulfonamides is 1. The number of nitrogens with one attached hydrogen (secondary N) is 1. The first-order valence-corrected chi connectivity index (χ1v) is 7.43. The quantitative estimate of drug-likeness (QED) is 0.826. The molecule has 3 nitrogen and oxygen atoms in total. The molecule has 0 aromatic heterocycles. The maximum absolute atomic E-state index is 11.7. The van der Waals surface area contributed by atoms with Gasteiger partial charge in [0.2, 0.25) is 10.0 Å². The zero-order valence-corrected chi connectivity index (χ0v) is 10.4. The fraction of sp³-hybridized carbons (Fsp3) is 0.455. The summed E-state index contributed by atoms with van der Waals surface area (Å²) in [6.07, 6.45) is 2.06. The summed E-state index contributed by atoms with van der Waals surface area (Å²) in [7, 11) is -3.19. The first-order chi connectivity index (χ1) is 7.59. The van der Waals surface area contributed by atoms with Gasteiger partial charge in [-0.3, -0.25) is 4.72 Å². The lowest BCUT2D eigenvalue weighted by molar-refractivity contribution is 0.597. The average molecular weight is 260 g/mol. The SMILES string of the molecule is O=S(=O)(CC1CC1)Nc1cccc(CCl)c1. The van der Waals surface area contributed by atoms with Crippen LogP contribution in [0.5, 0.6) is 0 Å². The molecule has 0 amide bonds. The Hall–Kier alpha value is -0.740. The van der Waals surface area contributed by atoms with Crippen LogP contribution >= 0.6 is 11.6 Å². The molecule has 1 aromatic rings. The molecule has 0 atom stereocenters. The maximum Gasteiger partial charge on any atom is 0.232 e. The topological polar surface area (TPSA) is 46.2 Å². The van der Waals surface area contributed by atoms with Gasteiger partial charge < -0.3 is 0 Å². The van der Waals surface area contributed by atoms with Crippen LogP contribution in [-0.2, 0) is 15.9 Å². The number of anilines is 1. The predicted molar refractivity (Wildman–Crippen MR) is 66.1 cm³/mol. The second kappa shape index (κ2) is 4.63. The Morgan fingerprint density at radius 1 is 1.38 bits per heavy atom. The zero-order valence-electron chi connectivity index (χ0n) is 8.82. The number of hydrogen-bond acceptors (Lipinski definition) is 2. The Morgan fingerprint density at radius 2 is 2.12 bits per heavy atom. The van der Waals surface area contributed by atoms with Gasteiger partial charge in [-0.1, -0.05) is 12.1 Å². The van der Waals surface area contributed by atoms with Crippen LogP contribution in [0.4, 0.5) is 5.69 Å². The van der Waals surface area contributed by atoms with E-state index in [2.05, 4.69) is 4.72 Å². The molecule has 16 heavy (non-hydrogen) atoms. The van der Waals surface area contributed by atoms with E-state index in [9.17, 15) is 8.42 Å². The van der Waals surface area contributed by atoms with E-state index < -0.39 is 10.0 Å². The van der Waals surface area contributed by atoms with Crippen molar-refractivity contribution in [3.63, 3.8) is 0 Å². The first-order valence-electron chi connectivity index (χ1n) is 5.24. The molecule has 0 spiro atoms. The van der Waals surface area contributed by atoms with E-state index in [1.807, 2.05) is 6.07 Å². The highest BCUT2D eigenvalue weighted by Gasteiger charge is 2.27. The van der Waals surface area contributed by atoms with Crippen molar-refractivity contribution in [3.8, 4) is 0 Å². The lowest BCUT2D eigenvalue weighted by atomic mass is 10.2. The third-order valence-corrected chi connectivity index (χ3v) is 4.27. The number of halogens is 1. The highest BCUT2D eigenvalue weighted by molar-refractivity contribution is 7.92. The van der Waals surface area contributed by atoms with Crippen LogP contribution in [0, 0.1) is 5.92 Å². The van der Waals surface area contributed by atoms with E-state index in [1.54, 1.807) is 18.2 Å². The monoisotopic (exact) mass is 259 g/mol. The molecular weight excluding hydrogens is 246 g/mol. The van der Waals surface area contributed by atoms with Gasteiger partial charge in [-0.15, -0.1) is 11.6 Å². The van der Waals surface area contributed by atoms with Crippen molar-refractivity contribution in [3.05, 3.63) is 29.8 Å². The smallest absolute Gasteiger partial charge is 0.232 e. The highest BCUT2D eigenvalue weighted by atomic mass is 35.5. The zero-order chi connectivity index (χ0) is 11.6. The van der Waals surface area contributed by atoms with Crippen molar-refractivity contribution >= 4 is 27.3 Å². The fourth-order valence-electron chi connectivity index (χ4n) is 1.53. The predicted octanol–water partition coefficient (Wildman–Crippen LogP) is 2.58. The molecule has 0 heterocycles. The van der Waals surface area contributed by atoms with Crippen LogP contribution in [0.3, 0.4) is 0 Å². The molecule has 1 aliphatic rings. The van der Waals surface area contributed by atoms with E-state index in [-0.39, 0.29) is 5.75 Å². The van der Waals surface area contributed by atoms with Gasteiger partial charge in [0.05, 0.1) is 5.75 Å². The van der Waals surface area contributed by atoms with Gasteiger partial charge >= 0.3 is 0 Å². The first kappa shape index (κ1) is 11.7. The molecule has 0 bridgehead atoms. The van der Waals surface area contributed by atoms with E-state index in [0.29, 0.717) is 17.5 Å². The number of benzene rings is 1. The minimum absolute atomic E-state index is 0.234. The van der Waals surface area contributed by atoms with Gasteiger partial charge in [0.25, 0.3) is 0 Å². The van der Waals surface area contributed by atoms with E-state index in [4.69, 9.17) is 11.6 Å². The van der Waals surface area contributed by atoms with Gasteiger partial charge in [-0.05, 0) is 36.5 Å². The largest absolute Gasteiger partial charge is 0.284 e.